The van der Waals surface area contributed by atoms with Crippen molar-refractivity contribution in [1.29, 1.82) is 0 Å². The lowest BCUT2D eigenvalue weighted by Crippen LogP contribution is -2.04. The van der Waals surface area contributed by atoms with Gasteiger partial charge in [-0.05, 0) is 12.3 Å². The van der Waals surface area contributed by atoms with E-state index in [-0.39, 0.29) is 0 Å². The topological polar surface area (TPSA) is 12.5 Å². The van der Waals surface area contributed by atoms with Crippen LogP contribution in [0.5, 0.6) is 0 Å². The summed E-state index contributed by atoms with van der Waals surface area (Å²) in [5.41, 5.74) is 0. The number of epoxide rings is 1. The normalized spacial score (nSPS) is 19.2. The summed E-state index contributed by atoms with van der Waals surface area (Å²) in [7, 11) is 0. The van der Waals surface area contributed by atoms with Gasteiger partial charge in [0.05, 0.1) is 12.7 Å². The van der Waals surface area contributed by atoms with Crippen molar-refractivity contribution in [3.63, 3.8) is 0 Å². The maximum Gasteiger partial charge on any atom is 0.0812 e. The molecule has 0 saturated carbocycles. The molecule has 1 rings (SSSR count). The van der Waals surface area contributed by atoms with Crippen molar-refractivity contribution in [2.75, 3.05) is 6.61 Å². The Hall–Kier alpha value is -0.0400. The van der Waals surface area contributed by atoms with Crippen molar-refractivity contribution in [1.82, 2.24) is 0 Å². The zero-order chi connectivity index (χ0) is 14.5. The quantitative estimate of drug-likeness (QED) is 0.246. The fourth-order valence-electron chi connectivity index (χ4n) is 3.19. The number of ether oxygens (including phenoxy) is 1. The van der Waals surface area contributed by atoms with Crippen LogP contribution in [-0.4, -0.2) is 12.7 Å². The van der Waals surface area contributed by atoms with Crippen LogP contribution in [-0.2, 0) is 4.74 Å². The van der Waals surface area contributed by atoms with Gasteiger partial charge in [-0.25, -0.2) is 0 Å². The molecule has 1 nitrogen and oxygen atoms in total. The van der Waals surface area contributed by atoms with Gasteiger partial charge in [-0.1, -0.05) is 97.3 Å². The highest BCUT2D eigenvalue weighted by Crippen LogP contribution is 2.27. The second-order valence-corrected chi connectivity index (χ2v) is 6.82. The lowest BCUT2D eigenvalue weighted by atomic mass is 9.91. The van der Waals surface area contributed by atoms with Gasteiger partial charge in [-0.3, -0.25) is 0 Å². The van der Waals surface area contributed by atoms with E-state index in [1.807, 2.05) is 0 Å². The predicted octanol–water partition coefficient (Wildman–Crippen LogP) is 6.50. The van der Waals surface area contributed by atoms with Gasteiger partial charge >= 0.3 is 0 Å². The van der Waals surface area contributed by atoms with Gasteiger partial charge in [0.15, 0.2) is 0 Å². The zero-order valence-corrected chi connectivity index (χ0v) is 14.2. The summed E-state index contributed by atoms with van der Waals surface area (Å²) >= 11 is 0. The van der Waals surface area contributed by atoms with Crippen LogP contribution in [0.1, 0.15) is 104 Å². The first-order valence-electron chi connectivity index (χ1n) is 9.48. The summed E-state index contributed by atoms with van der Waals surface area (Å²) in [5, 5.41) is 0. The fourth-order valence-corrected chi connectivity index (χ4v) is 3.19. The zero-order valence-electron chi connectivity index (χ0n) is 14.2. The van der Waals surface area contributed by atoms with E-state index in [0.717, 1.165) is 12.5 Å². The average molecular weight is 283 g/mol. The Bertz CT molecular complexity index is 198. The van der Waals surface area contributed by atoms with Crippen LogP contribution in [0.2, 0.25) is 0 Å². The van der Waals surface area contributed by atoms with Crippen molar-refractivity contribution in [2.45, 2.75) is 110 Å². The van der Waals surface area contributed by atoms with Crippen molar-refractivity contribution < 1.29 is 4.74 Å². The lowest BCUT2D eigenvalue weighted by molar-refractivity contribution is 0.318. The molecule has 0 bridgehead atoms. The van der Waals surface area contributed by atoms with Crippen molar-refractivity contribution in [3.05, 3.63) is 0 Å². The van der Waals surface area contributed by atoms with Crippen LogP contribution in [0, 0.1) is 5.92 Å². The molecule has 0 spiro atoms. The van der Waals surface area contributed by atoms with E-state index >= 15 is 0 Å². The Kier molecular flexibility index (Phi) is 11.4. The third-order valence-corrected chi connectivity index (χ3v) is 4.68. The van der Waals surface area contributed by atoms with Crippen LogP contribution in [0.4, 0.5) is 0 Å². The fraction of sp³-hybridized carbons (Fsp3) is 1.00. The van der Waals surface area contributed by atoms with E-state index in [1.165, 1.54) is 89.9 Å². The molecule has 2 unspecified atom stereocenters. The molecular weight excluding hydrogens is 244 g/mol. The first-order valence-corrected chi connectivity index (χ1v) is 9.48. The molecule has 1 heterocycles. The van der Waals surface area contributed by atoms with Crippen LogP contribution < -0.4 is 0 Å². The van der Waals surface area contributed by atoms with E-state index < -0.39 is 0 Å². The van der Waals surface area contributed by atoms with E-state index in [0.29, 0.717) is 6.10 Å². The van der Waals surface area contributed by atoms with E-state index in [4.69, 9.17) is 4.74 Å². The Morgan fingerprint density at radius 3 is 1.80 bits per heavy atom. The summed E-state index contributed by atoms with van der Waals surface area (Å²) in [6.07, 6.45) is 20.7. The van der Waals surface area contributed by atoms with Gasteiger partial charge < -0.3 is 4.74 Å². The van der Waals surface area contributed by atoms with E-state index in [2.05, 4.69) is 13.8 Å². The molecule has 0 amide bonds. The molecule has 0 aromatic carbocycles. The molecule has 0 aromatic rings. The third-order valence-electron chi connectivity index (χ3n) is 4.68. The molecule has 0 aromatic heterocycles. The Labute approximate surface area is 127 Å². The summed E-state index contributed by atoms with van der Waals surface area (Å²) in [4.78, 5) is 0. The maximum atomic E-state index is 5.41. The maximum absolute atomic E-state index is 5.41. The molecule has 0 aliphatic carbocycles. The number of hydrogen-bond acceptors (Lipinski definition) is 1. The summed E-state index contributed by atoms with van der Waals surface area (Å²) in [6, 6.07) is 0. The van der Waals surface area contributed by atoms with Crippen molar-refractivity contribution in [2.24, 2.45) is 5.92 Å². The van der Waals surface area contributed by atoms with Crippen molar-refractivity contribution in [3.8, 4) is 0 Å². The van der Waals surface area contributed by atoms with Gasteiger partial charge in [0, 0.05) is 0 Å². The van der Waals surface area contributed by atoms with Gasteiger partial charge in [0.2, 0.25) is 0 Å². The minimum Gasteiger partial charge on any atom is -0.373 e. The van der Waals surface area contributed by atoms with Crippen LogP contribution in [0.15, 0.2) is 0 Å². The monoisotopic (exact) mass is 282 g/mol. The van der Waals surface area contributed by atoms with Crippen LogP contribution >= 0.6 is 0 Å². The second kappa shape index (κ2) is 12.7. The first-order chi connectivity index (χ1) is 9.86. The van der Waals surface area contributed by atoms with Crippen molar-refractivity contribution >= 4 is 0 Å². The Morgan fingerprint density at radius 2 is 1.25 bits per heavy atom. The predicted molar refractivity (Wildman–Crippen MR) is 89.2 cm³/mol. The second-order valence-electron chi connectivity index (χ2n) is 6.82. The van der Waals surface area contributed by atoms with Gasteiger partial charge in [-0.2, -0.15) is 0 Å². The SMILES string of the molecule is CCCCCCCCCCCC(CCCC)CC1CO1. The highest BCUT2D eigenvalue weighted by Gasteiger charge is 2.25. The first kappa shape index (κ1) is 18.0. The molecule has 0 radical (unpaired) electrons. The third kappa shape index (κ3) is 10.7. The molecule has 1 heteroatoms. The van der Waals surface area contributed by atoms with Gasteiger partial charge in [0.25, 0.3) is 0 Å². The van der Waals surface area contributed by atoms with Crippen LogP contribution in [0.3, 0.4) is 0 Å². The highest BCUT2D eigenvalue weighted by atomic mass is 16.6. The summed E-state index contributed by atoms with van der Waals surface area (Å²) < 4.78 is 5.41. The molecule has 1 aliphatic rings. The molecular formula is C19H38O. The molecule has 120 valence electrons. The Balaban J connectivity index is 1.88. The minimum atomic E-state index is 0.635. The Morgan fingerprint density at radius 1 is 0.750 bits per heavy atom. The highest BCUT2D eigenvalue weighted by molar-refractivity contribution is 4.74. The van der Waals surface area contributed by atoms with E-state index in [1.54, 1.807) is 0 Å². The number of unbranched alkanes of at least 4 members (excludes halogenated alkanes) is 9. The standard InChI is InChI=1S/C19H38O/c1-3-5-7-8-9-10-11-12-13-15-18(14-6-4-2)16-19-17-20-19/h18-19H,3-17H2,1-2H3. The van der Waals surface area contributed by atoms with Crippen LogP contribution in [0.25, 0.3) is 0 Å². The molecule has 1 saturated heterocycles. The molecule has 1 fully saturated rings. The molecule has 20 heavy (non-hydrogen) atoms. The smallest absolute Gasteiger partial charge is 0.0812 e. The summed E-state index contributed by atoms with van der Waals surface area (Å²) in [6.45, 7) is 5.64. The molecule has 2 atom stereocenters. The van der Waals surface area contributed by atoms with Gasteiger partial charge in [-0.15, -0.1) is 0 Å². The van der Waals surface area contributed by atoms with E-state index in [9.17, 15) is 0 Å². The summed E-state index contributed by atoms with van der Waals surface area (Å²) in [5.74, 6) is 0.951. The molecule has 0 N–H and O–H groups in total. The lowest BCUT2D eigenvalue weighted by Gasteiger charge is -2.15. The average Bonchev–Trinajstić information content (AvgIpc) is 3.26. The minimum absolute atomic E-state index is 0.635. The molecule has 1 aliphatic heterocycles. The number of hydrogen-bond donors (Lipinski definition) is 0. The van der Waals surface area contributed by atoms with Gasteiger partial charge in [0.1, 0.15) is 0 Å². The largest absolute Gasteiger partial charge is 0.373 e. The number of rotatable bonds is 15.